The molecule has 0 aromatic rings. The minimum absolute atomic E-state index is 0.310. The molecule has 0 rings (SSSR count). The van der Waals surface area contributed by atoms with E-state index in [2.05, 4.69) is 0 Å². The van der Waals surface area contributed by atoms with E-state index in [4.69, 9.17) is 15.8 Å². The van der Waals surface area contributed by atoms with Crippen LogP contribution in [0.25, 0.3) is 0 Å². The van der Waals surface area contributed by atoms with Gasteiger partial charge in [-0.1, -0.05) is 0 Å². The standard InChI is InChI=1S/C4H5ClO4S/c1-3(4(6)7)2-10(5,8)9/h2H,1H3,(H,6,7). The summed E-state index contributed by atoms with van der Waals surface area (Å²) in [4.78, 5) is 9.99. The van der Waals surface area contributed by atoms with Gasteiger partial charge in [-0.15, -0.1) is 0 Å². The maximum atomic E-state index is 10.2. The molecule has 0 spiro atoms. The van der Waals surface area contributed by atoms with E-state index < -0.39 is 15.0 Å². The monoisotopic (exact) mass is 184 g/mol. The summed E-state index contributed by atoms with van der Waals surface area (Å²) in [7, 11) is 0.866. The Kier molecular flexibility index (Phi) is 2.86. The molecular weight excluding hydrogens is 180 g/mol. The molecule has 0 aliphatic heterocycles. The molecule has 0 aromatic carbocycles. The highest BCUT2D eigenvalue weighted by molar-refractivity contribution is 8.16. The lowest BCUT2D eigenvalue weighted by molar-refractivity contribution is -0.132. The summed E-state index contributed by atoms with van der Waals surface area (Å²) in [6.45, 7) is 1.14. The minimum Gasteiger partial charge on any atom is -0.478 e. The van der Waals surface area contributed by atoms with Crippen LogP contribution in [-0.4, -0.2) is 19.5 Å². The van der Waals surface area contributed by atoms with Crippen LogP contribution in [0.2, 0.25) is 0 Å². The smallest absolute Gasteiger partial charge is 0.332 e. The van der Waals surface area contributed by atoms with Crippen molar-refractivity contribution in [3.63, 3.8) is 0 Å². The first kappa shape index (κ1) is 9.45. The van der Waals surface area contributed by atoms with Gasteiger partial charge >= 0.3 is 5.97 Å². The molecule has 0 aliphatic rings. The molecule has 0 atom stereocenters. The molecule has 6 heteroatoms. The third-order valence-electron chi connectivity index (χ3n) is 0.655. The second-order valence-electron chi connectivity index (χ2n) is 1.58. The van der Waals surface area contributed by atoms with E-state index in [1.807, 2.05) is 0 Å². The van der Waals surface area contributed by atoms with Crippen LogP contribution in [0.1, 0.15) is 6.92 Å². The van der Waals surface area contributed by atoms with E-state index in [0.717, 1.165) is 6.92 Å². The van der Waals surface area contributed by atoms with Crippen LogP contribution in [0.3, 0.4) is 0 Å². The van der Waals surface area contributed by atoms with Crippen molar-refractivity contribution in [3.8, 4) is 0 Å². The van der Waals surface area contributed by atoms with Crippen LogP contribution in [0.15, 0.2) is 11.0 Å². The summed E-state index contributed by atoms with van der Waals surface area (Å²) in [5.41, 5.74) is -0.310. The molecule has 0 aromatic heterocycles. The van der Waals surface area contributed by atoms with Crippen molar-refractivity contribution in [1.29, 1.82) is 0 Å². The van der Waals surface area contributed by atoms with E-state index in [0.29, 0.717) is 5.41 Å². The summed E-state index contributed by atoms with van der Waals surface area (Å²) in [6, 6.07) is 0. The van der Waals surface area contributed by atoms with Crippen molar-refractivity contribution in [2.24, 2.45) is 0 Å². The summed E-state index contributed by atoms with van der Waals surface area (Å²) in [5.74, 6) is -1.30. The number of carboxylic acids is 1. The average Bonchev–Trinajstić information content (AvgIpc) is 1.60. The van der Waals surface area contributed by atoms with Gasteiger partial charge in [0.15, 0.2) is 0 Å². The van der Waals surface area contributed by atoms with Crippen molar-refractivity contribution >= 4 is 25.7 Å². The first-order valence-corrected chi connectivity index (χ1v) is 4.56. The third kappa shape index (κ3) is 4.34. The Balaban J connectivity index is 4.66. The Bertz CT molecular complexity index is 263. The molecule has 10 heavy (non-hydrogen) atoms. The average molecular weight is 185 g/mol. The van der Waals surface area contributed by atoms with Crippen LogP contribution in [0, 0.1) is 0 Å². The highest BCUT2D eigenvalue weighted by atomic mass is 35.7. The van der Waals surface area contributed by atoms with E-state index >= 15 is 0 Å². The van der Waals surface area contributed by atoms with E-state index in [9.17, 15) is 13.2 Å². The van der Waals surface area contributed by atoms with Crippen molar-refractivity contribution in [2.45, 2.75) is 6.92 Å². The van der Waals surface area contributed by atoms with E-state index in [1.165, 1.54) is 0 Å². The first-order valence-electron chi connectivity index (χ1n) is 2.19. The molecule has 0 unspecified atom stereocenters. The minimum atomic E-state index is -3.84. The normalized spacial score (nSPS) is 13.2. The fourth-order valence-electron chi connectivity index (χ4n) is 0.262. The van der Waals surface area contributed by atoms with Crippen LogP contribution in [0.5, 0.6) is 0 Å². The third-order valence-corrected chi connectivity index (χ3v) is 1.56. The lowest BCUT2D eigenvalue weighted by atomic mass is 10.4. The maximum absolute atomic E-state index is 10.2. The van der Waals surface area contributed by atoms with Gasteiger partial charge in [0.25, 0.3) is 9.05 Å². The highest BCUT2D eigenvalue weighted by Gasteiger charge is 2.05. The van der Waals surface area contributed by atoms with Gasteiger partial charge in [0, 0.05) is 16.3 Å². The maximum Gasteiger partial charge on any atom is 0.332 e. The zero-order valence-electron chi connectivity index (χ0n) is 5.04. The predicted octanol–water partition coefficient (Wildman–Crippen LogP) is 0.543. The number of carboxylic acid groups (broad SMARTS) is 1. The Morgan fingerprint density at radius 2 is 2.00 bits per heavy atom. The number of rotatable bonds is 2. The Labute approximate surface area is 62.5 Å². The molecule has 0 bridgehead atoms. The van der Waals surface area contributed by atoms with Crippen molar-refractivity contribution in [1.82, 2.24) is 0 Å². The number of halogens is 1. The van der Waals surface area contributed by atoms with Crippen molar-refractivity contribution < 1.29 is 18.3 Å². The quantitative estimate of drug-likeness (QED) is 0.502. The van der Waals surface area contributed by atoms with Gasteiger partial charge in [-0.2, -0.15) is 0 Å². The van der Waals surface area contributed by atoms with Crippen molar-refractivity contribution in [2.75, 3.05) is 0 Å². The summed E-state index contributed by atoms with van der Waals surface area (Å²) < 4.78 is 20.3. The Morgan fingerprint density at radius 1 is 1.60 bits per heavy atom. The summed E-state index contributed by atoms with van der Waals surface area (Å²) >= 11 is 0. The van der Waals surface area contributed by atoms with Gasteiger partial charge in [-0.3, -0.25) is 0 Å². The van der Waals surface area contributed by atoms with Gasteiger partial charge in [0.2, 0.25) is 0 Å². The first-order chi connectivity index (χ1) is 4.33. The topological polar surface area (TPSA) is 71.4 Å². The zero-order chi connectivity index (χ0) is 8.36. The van der Waals surface area contributed by atoms with E-state index in [-0.39, 0.29) is 5.57 Å². The fourth-order valence-corrected chi connectivity index (χ4v) is 1.19. The number of aliphatic carboxylic acids is 1. The number of hydrogen-bond donors (Lipinski definition) is 1. The van der Waals surface area contributed by atoms with E-state index in [1.54, 1.807) is 0 Å². The molecule has 0 fully saturated rings. The van der Waals surface area contributed by atoms with Crippen LogP contribution < -0.4 is 0 Å². The van der Waals surface area contributed by atoms with Crippen molar-refractivity contribution in [3.05, 3.63) is 11.0 Å². The lowest BCUT2D eigenvalue weighted by Crippen LogP contribution is -1.97. The molecule has 0 heterocycles. The molecule has 0 saturated heterocycles. The Morgan fingerprint density at radius 3 is 2.10 bits per heavy atom. The molecule has 0 saturated carbocycles. The highest BCUT2D eigenvalue weighted by Crippen LogP contribution is 2.03. The van der Waals surface area contributed by atoms with Gasteiger partial charge < -0.3 is 5.11 Å². The second-order valence-corrected chi connectivity index (χ2v) is 4.06. The molecule has 1 N–H and O–H groups in total. The zero-order valence-corrected chi connectivity index (χ0v) is 6.61. The lowest BCUT2D eigenvalue weighted by Gasteiger charge is -1.87. The van der Waals surface area contributed by atoms with Crippen LogP contribution in [0.4, 0.5) is 0 Å². The Hall–Kier alpha value is -0.550. The van der Waals surface area contributed by atoms with Crippen LogP contribution in [-0.2, 0) is 13.8 Å². The van der Waals surface area contributed by atoms with Gasteiger partial charge in [-0.05, 0) is 6.92 Å². The molecular formula is C4H5ClO4S. The molecule has 0 amide bonds. The molecule has 58 valence electrons. The fraction of sp³-hybridized carbons (Fsp3) is 0.250. The predicted molar refractivity (Wildman–Crippen MR) is 36.2 cm³/mol. The molecule has 0 radical (unpaired) electrons. The van der Waals surface area contributed by atoms with Gasteiger partial charge in [-0.25, -0.2) is 13.2 Å². The molecule has 0 aliphatic carbocycles. The van der Waals surface area contributed by atoms with Gasteiger partial charge in [0.1, 0.15) is 0 Å². The number of hydrogen-bond acceptors (Lipinski definition) is 3. The molecule has 4 nitrogen and oxygen atoms in total. The van der Waals surface area contributed by atoms with Gasteiger partial charge in [0.05, 0.1) is 5.41 Å². The largest absolute Gasteiger partial charge is 0.478 e. The SMILES string of the molecule is CC(=CS(=O)(=O)Cl)C(=O)O. The van der Waals surface area contributed by atoms with Crippen LogP contribution >= 0.6 is 10.7 Å². The summed E-state index contributed by atoms with van der Waals surface area (Å²) in [5, 5.41) is 8.64. The second kappa shape index (κ2) is 3.03. The number of carbonyl (C=O) groups is 1. The summed E-state index contributed by atoms with van der Waals surface area (Å²) in [6.07, 6.45) is 0.